The lowest BCUT2D eigenvalue weighted by molar-refractivity contribution is 0.546. The molecule has 1 unspecified atom stereocenters. The summed E-state index contributed by atoms with van der Waals surface area (Å²) < 4.78 is 0. The molecule has 1 atom stereocenters. The van der Waals surface area contributed by atoms with Crippen molar-refractivity contribution in [2.24, 2.45) is 5.73 Å². The van der Waals surface area contributed by atoms with Crippen LogP contribution in [0.1, 0.15) is 44.4 Å². The molecule has 0 fully saturated rings. The van der Waals surface area contributed by atoms with Gasteiger partial charge in [-0.2, -0.15) is 0 Å². The van der Waals surface area contributed by atoms with E-state index in [1.54, 1.807) is 0 Å². The Labute approximate surface area is 111 Å². The first-order valence-corrected chi connectivity index (χ1v) is 6.64. The van der Waals surface area contributed by atoms with Crippen LogP contribution in [0.4, 0.5) is 0 Å². The molecule has 0 radical (unpaired) electrons. The van der Waals surface area contributed by atoms with E-state index in [0.717, 1.165) is 13.0 Å². The zero-order valence-electron chi connectivity index (χ0n) is 11.9. The highest BCUT2D eigenvalue weighted by molar-refractivity contribution is 5.29. The van der Waals surface area contributed by atoms with Crippen LogP contribution in [0.5, 0.6) is 0 Å². The first-order chi connectivity index (χ1) is 8.49. The standard InChI is InChI=1S/C16H26N2/c1-5-6-11-18-15(12-17)13-7-9-14(10-8-13)16(2,3)4/h5,7-10,15,18H,1,6,11-12,17H2,2-4H3. The Balaban J connectivity index is 2.72. The Morgan fingerprint density at radius 1 is 1.28 bits per heavy atom. The van der Waals surface area contributed by atoms with Crippen molar-refractivity contribution in [2.45, 2.75) is 38.6 Å². The van der Waals surface area contributed by atoms with Crippen molar-refractivity contribution in [1.29, 1.82) is 0 Å². The molecule has 0 aliphatic carbocycles. The molecule has 1 aromatic carbocycles. The topological polar surface area (TPSA) is 38.0 Å². The number of hydrogen-bond acceptors (Lipinski definition) is 2. The minimum absolute atomic E-state index is 0.201. The van der Waals surface area contributed by atoms with E-state index in [0.29, 0.717) is 6.54 Å². The highest BCUT2D eigenvalue weighted by Crippen LogP contribution is 2.23. The van der Waals surface area contributed by atoms with Crippen LogP contribution in [0.15, 0.2) is 36.9 Å². The minimum Gasteiger partial charge on any atom is -0.329 e. The van der Waals surface area contributed by atoms with Crippen LogP contribution in [0.3, 0.4) is 0 Å². The number of benzene rings is 1. The fourth-order valence-electron chi connectivity index (χ4n) is 1.91. The molecule has 0 aliphatic rings. The molecule has 3 N–H and O–H groups in total. The monoisotopic (exact) mass is 246 g/mol. The fourth-order valence-corrected chi connectivity index (χ4v) is 1.91. The highest BCUT2D eigenvalue weighted by Gasteiger charge is 2.14. The Morgan fingerprint density at radius 2 is 1.89 bits per heavy atom. The molecule has 0 spiro atoms. The second kappa shape index (κ2) is 6.72. The summed E-state index contributed by atoms with van der Waals surface area (Å²) in [5.74, 6) is 0. The summed E-state index contributed by atoms with van der Waals surface area (Å²) in [6.45, 7) is 11.9. The summed E-state index contributed by atoms with van der Waals surface area (Å²) in [6.07, 6.45) is 2.89. The molecule has 0 aromatic heterocycles. The Hall–Kier alpha value is -1.12. The quantitative estimate of drug-likeness (QED) is 0.598. The first-order valence-electron chi connectivity index (χ1n) is 6.64. The van der Waals surface area contributed by atoms with Gasteiger partial charge in [-0.15, -0.1) is 6.58 Å². The van der Waals surface area contributed by atoms with Crippen LogP contribution >= 0.6 is 0 Å². The van der Waals surface area contributed by atoms with Crippen LogP contribution < -0.4 is 11.1 Å². The van der Waals surface area contributed by atoms with Crippen molar-refractivity contribution in [3.05, 3.63) is 48.0 Å². The molecule has 0 aliphatic heterocycles. The summed E-state index contributed by atoms with van der Waals surface area (Å²) in [5, 5.41) is 3.45. The summed E-state index contributed by atoms with van der Waals surface area (Å²) in [6, 6.07) is 9.00. The molecule has 0 bridgehead atoms. The number of rotatable bonds is 6. The maximum Gasteiger partial charge on any atom is 0.0444 e. The van der Waals surface area contributed by atoms with Crippen molar-refractivity contribution in [3.8, 4) is 0 Å². The van der Waals surface area contributed by atoms with Crippen molar-refractivity contribution in [1.82, 2.24) is 5.32 Å². The predicted molar refractivity (Wildman–Crippen MR) is 79.8 cm³/mol. The van der Waals surface area contributed by atoms with E-state index in [1.807, 2.05) is 6.08 Å². The number of hydrogen-bond donors (Lipinski definition) is 2. The van der Waals surface area contributed by atoms with Crippen LogP contribution in [0, 0.1) is 0 Å². The molecule has 2 nitrogen and oxygen atoms in total. The van der Waals surface area contributed by atoms with E-state index in [-0.39, 0.29) is 11.5 Å². The molecular weight excluding hydrogens is 220 g/mol. The third kappa shape index (κ3) is 4.28. The Kier molecular flexibility index (Phi) is 5.57. The van der Waals surface area contributed by atoms with E-state index in [2.05, 4.69) is 56.9 Å². The SMILES string of the molecule is C=CCCNC(CN)c1ccc(C(C)(C)C)cc1. The third-order valence-corrected chi connectivity index (χ3v) is 3.15. The molecule has 100 valence electrons. The van der Waals surface area contributed by atoms with Gasteiger partial charge in [0.1, 0.15) is 0 Å². The van der Waals surface area contributed by atoms with Crippen molar-refractivity contribution in [3.63, 3.8) is 0 Å². The average Bonchev–Trinajstić information content (AvgIpc) is 2.34. The first kappa shape index (κ1) is 14.9. The lowest BCUT2D eigenvalue weighted by atomic mass is 9.86. The second-order valence-electron chi connectivity index (χ2n) is 5.69. The summed E-state index contributed by atoms with van der Waals surface area (Å²) >= 11 is 0. The molecule has 0 saturated heterocycles. The molecule has 0 saturated carbocycles. The van der Waals surface area contributed by atoms with Crippen LogP contribution in [0.2, 0.25) is 0 Å². The van der Waals surface area contributed by atoms with Gasteiger partial charge < -0.3 is 11.1 Å². The van der Waals surface area contributed by atoms with E-state index < -0.39 is 0 Å². The third-order valence-electron chi connectivity index (χ3n) is 3.15. The molecule has 1 rings (SSSR count). The maximum atomic E-state index is 5.82. The lowest BCUT2D eigenvalue weighted by Crippen LogP contribution is -2.28. The molecular formula is C16H26N2. The maximum absolute atomic E-state index is 5.82. The van der Waals surface area contributed by atoms with Gasteiger partial charge in [0, 0.05) is 12.6 Å². The smallest absolute Gasteiger partial charge is 0.0444 e. The van der Waals surface area contributed by atoms with Gasteiger partial charge in [-0.05, 0) is 29.5 Å². The normalized spacial score (nSPS) is 13.3. The molecule has 1 aromatic rings. The van der Waals surface area contributed by atoms with E-state index in [1.165, 1.54) is 11.1 Å². The number of nitrogens with two attached hydrogens (primary N) is 1. The summed E-state index contributed by atoms with van der Waals surface area (Å²) in [4.78, 5) is 0. The van der Waals surface area contributed by atoms with E-state index >= 15 is 0 Å². The van der Waals surface area contributed by atoms with E-state index in [4.69, 9.17) is 5.73 Å². The highest BCUT2D eigenvalue weighted by atomic mass is 14.9. The van der Waals surface area contributed by atoms with Crippen LogP contribution in [0.25, 0.3) is 0 Å². The predicted octanol–water partition coefficient (Wildman–Crippen LogP) is 3.15. The van der Waals surface area contributed by atoms with Gasteiger partial charge in [0.15, 0.2) is 0 Å². The Morgan fingerprint density at radius 3 is 2.33 bits per heavy atom. The number of nitrogens with one attached hydrogen (secondary N) is 1. The largest absolute Gasteiger partial charge is 0.329 e. The molecule has 0 amide bonds. The molecule has 2 heteroatoms. The summed E-state index contributed by atoms with van der Waals surface area (Å²) in [7, 11) is 0. The average molecular weight is 246 g/mol. The van der Waals surface area contributed by atoms with Crippen LogP contribution in [-0.2, 0) is 5.41 Å². The van der Waals surface area contributed by atoms with Gasteiger partial charge in [0.2, 0.25) is 0 Å². The molecule has 18 heavy (non-hydrogen) atoms. The van der Waals surface area contributed by atoms with Crippen LogP contribution in [-0.4, -0.2) is 13.1 Å². The van der Waals surface area contributed by atoms with Gasteiger partial charge in [0.05, 0.1) is 0 Å². The van der Waals surface area contributed by atoms with Crippen molar-refractivity contribution >= 4 is 0 Å². The fraction of sp³-hybridized carbons (Fsp3) is 0.500. The zero-order chi connectivity index (χ0) is 13.6. The minimum atomic E-state index is 0.201. The molecule has 0 heterocycles. The van der Waals surface area contributed by atoms with E-state index in [9.17, 15) is 0 Å². The Bertz CT molecular complexity index is 360. The van der Waals surface area contributed by atoms with Crippen molar-refractivity contribution in [2.75, 3.05) is 13.1 Å². The van der Waals surface area contributed by atoms with Gasteiger partial charge in [0.25, 0.3) is 0 Å². The zero-order valence-corrected chi connectivity index (χ0v) is 11.9. The van der Waals surface area contributed by atoms with Gasteiger partial charge >= 0.3 is 0 Å². The van der Waals surface area contributed by atoms with Gasteiger partial charge in [-0.1, -0.05) is 51.1 Å². The lowest BCUT2D eigenvalue weighted by Gasteiger charge is -2.21. The second-order valence-corrected chi connectivity index (χ2v) is 5.69. The van der Waals surface area contributed by atoms with Gasteiger partial charge in [-0.25, -0.2) is 0 Å². The van der Waals surface area contributed by atoms with Gasteiger partial charge in [-0.3, -0.25) is 0 Å². The van der Waals surface area contributed by atoms with Crippen molar-refractivity contribution < 1.29 is 0 Å². The summed E-state index contributed by atoms with van der Waals surface area (Å²) in [5.41, 5.74) is 8.64.